The summed E-state index contributed by atoms with van der Waals surface area (Å²) in [6.45, 7) is 4.44. The molecule has 1 unspecified atom stereocenters. The topological polar surface area (TPSA) is 29.9 Å². The Morgan fingerprint density at radius 3 is 2.21 bits per heavy atom. The maximum Gasteiger partial charge on any atom is 0.0643 e. The van der Waals surface area contributed by atoms with Crippen LogP contribution >= 0.6 is 0 Å². The Hall–Kier alpha value is -1.61. The number of hydrogen-bond donors (Lipinski definition) is 1. The van der Waals surface area contributed by atoms with Gasteiger partial charge in [-0.3, -0.25) is 4.68 Å². The van der Waals surface area contributed by atoms with E-state index in [4.69, 9.17) is 0 Å². The second-order valence-corrected chi connectivity index (χ2v) is 5.35. The SMILES string of the molecule is CNC(Cc1ccn(C)n1)c1ccc(C(C)C)cc1. The van der Waals surface area contributed by atoms with Gasteiger partial charge in [-0.25, -0.2) is 0 Å². The Kier molecular flexibility index (Phi) is 4.38. The van der Waals surface area contributed by atoms with Crippen molar-refractivity contribution in [2.75, 3.05) is 7.05 Å². The number of hydrogen-bond acceptors (Lipinski definition) is 2. The Balaban J connectivity index is 2.12. The van der Waals surface area contributed by atoms with E-state index in [1.54, 1.807) is 0 Å². The fraction of sp³-hybridized carbons (Fsp3) is 0.438. The lowest BCUT2D eigenvalue weighted by atomic mass is 9.97. The van der Waals surface area contributed by atoms with E-state index in [2.05, 4.69) is 54.6 Å². The zero-order valence-corrected chi connectivity index (χ0v) is 12.2. The van der Waals surface area contributed by atoms with Crippen LogP contribution in [0.2, 0.25) is 0 Å². The van der Waals surface area contributed by atoms with Crippen molar-refractivity contribution in [3.63, 3.8) is 0 Å². The fourth-order valence-corrected chi connectivity index (χ4v) is 2.28. The maximum atomic E-state index is 4.45. The molecule has 0 saturated heterocycles. The highest BCUT2D eigenvalue weighted by Crippen LogP contribution is 2.21. The van der Waals surface area contributed by atoms with Crippen molar-refractivity contribution < 1.29 is 0 Å². The van der Waals surface area contributed by atoms with Gasteiger partial charge in [0.05, 0.1) is 5.69 Å². The predicted molar refractivity (Wildman–Crippen MR) is 79.2 cm³/mol. The quantitative estimate of drug-likeness (QED) is 0.892. The molecule has 3 heteroatoms. The summed E-state index contributed by atoms with van der Waals surface area (Å²) in [5, 5.41) is 7.82. The van der Waals surface area contributed by atoms with E-state index in [1.807, 2.05) is 25.0 Å². The van der Waals surface area contributed by atoms with Gasteiger partial charge in [-0.05, 0) is 30.2 Å². The van der Waals surface area contributed by atoms with Gasteiger partial charge >= 0.3 is 0 Å². The average Bonchev–Trinajstić information content (AvgIpc) is 2.81. The predicted octanol–water partition coefficient (Wildman–Crippen LogP) is 3.05. The Labute approximate surface area is 115 Å². The summed E-state index contributed by atoms with van der Waals surface area (Å²) < 4.78 is 1.85. The molecule has 3 nitrogen and oxygen atoms in total. The molecule has 1 N–H and O–H groups in total. The summed E-state index contributed by atoms with van der Waals surface area (Å²) in [6.07, 6.45) is 2.91. The van der Waals surface area contributed by atoms with Gasteiger partial charge in [0.25, 0.3) is 0 Å². The van der Waals surface area contributed by atoms with Crippen molar-refractivity contribution in [3.8, 4) is 0 Å². The summed E-state index contributed by atoms with van der Waals surface area (Å²) >= 11 is 0. The van der Waals surface area contributed by atoms with Crippen LogP contribution in [0.4, 0.5) is 0 Å². The van der Waals surface area contributed by atoms with Crippen LogP contribution in [-0.2, 0) is 13.5 Å². The molecule has 0 saturated carbocycles. The molecule has 0 fully saturated rings. The maximum absolute atomic E-state index is 4.45. The largest absolute Gasteiger partial charge is 0.313 e. The molecule has 2 rings (SSSR count). The number of nitrogens with zero attached hydrogens (tertiary/aromatic N) is 2. The van der Waals surface area contributed by atoms with Crippen LogP contribution in [0.25, 0.3) is 0 Å². The molecule has 1 heterocycles. The first kappa shape index (κ1) is 13.8. The van der Waals surface area contributed by atoms with Gasteiger partial charge in [-0.15, -0.1) is 0 Å². The van der Waals surface area contributed by atoms with Gasteiger partial charge in [0.2, 0.25) is 0 Å². The van der Waals surface area contributed by atoms with E-state index < -0.39 is 0 Å². The van der Waals surface area contributed by atoms with Crippen molar-refractivity contribution in [1.82, 2.24) is 15.1 Å². The summed E-state index contributed by atoms with van der Waals surface area (Å²) in [7, 11) is 3.96. The third-order valence-electron chi connectivity index (χ3n) is 3.54. The molecule has 19 heavy (non-hydrogen) atoms. The first-order valence-electron chi connectivity index (χ1n) is 6.85. The zero-order chi connectivity index (χ0) is 13.8. The van der Waals surface area contributed by atoms with Crippen LogP contribution < -0.4 is 5.32 Å². The fourth-order valence-electron chi connectivity index (χ4n) is 2.28. The Morgan fingerprint density at radius 1 is 1.11 bits per heavy atom. The van der Waals surface area contributed by atoms with E-state index in [1.165, 1.54) is 11.1 Å². The van der Waals surface area contributed by atoms with Crippen LogP contribution in [-0.4, -0.2) is 16.8 Å². The number of benzene rings is 1. The van der Waals surface area contributed by atoms with E-state index in [0.29, 0.717) is 12.0 Å². The first-order valence-corrected chi connectivity index (χ1v) is 6.85. The number of nitrogens with one attached hydrogen (secondary N) is 1. The number of likely N-dealkylation sites (N-methyl/N-ethyl adjacent to an activating group) is 1. The highest BCUT2D eigenvalue weighted by molar-refractivity contribution is 5.27. The van der Waals surface area contributed by atoms with Crippen molar-refractivity contribution in [1.29, 1.82) is 0 Å². The standard InChI is InChI=1S/C16H23N3/c1-12(2)13-5-7-14(8-6-13)16(17-3)11-15-9-10-19(4)18-15/h5-10,12,16-17H,11H2,1-4H3. The van der Waals surface area contributed by atoms with Crippen molar-refractivity contribution in [2.24, 2.45) is 7.05 Å². The molecule has 1 atom stereocenters. The van der Waals surface area contributed by atoms with Crippen LogP contribution in [0.5, 0.6) is 0 Å². The Bertz CT molecular complexity index is 511. The van der Waals surface area contributed by atoms with Gasteiger partial charge in [-0.1, -0.05) is 38.1 Å². The van der Waals surface area contributed by atoms with Gasteiger partial charge in [0, 0.05) is 25.7 Å². The summed E-state index contributed by atoms with van der Waals surface area (Å²) in [5.74, 6) is 0.581. The molecule has 0 aliphatic rings. The van der Waals surface area contributed by atoms with E-state index in [9.17, 15) is 0 Å². The lowest BCUT2D eigenvalue weighted by molar-refractivity contribution is 0.577. The van der Waals surface area contributed by atoms with Crippen LogP contribution in [0, 0.1) is 0 Å². The van der Waals surface area contributed by atoms with Gasteiger partial charge in [-0.2, -0.15) is 5.10 Å². The van der Waals surface area contributed by atoms with Crippen LogP contribution in [0.1, 0.15) is 42.6 Å². The zero-order valence-electron chi connectivity index (χ0n) is 12.2. The molecule has 0 amide bonds. The average molecular weight is 257 g/mol. The highest BCUT2D eigenvalue weighted by atomic mass is 15.2. The van der Waals surface area contributed by atoms with Gasteiger partial charge in [0.1, 0.15) is 0 Å². The molecule has 0 aliphatic carbocycles. The monoisotopic (exact) mass is 257 g/mol. The number of aromatic nitrogens is 2. The smallest absolute Gasteiger partial charge is 0.0643 e. The van der Waals surface area contributed by atoms with Gasteiger partial charge in [0.15, 0.2) is 0 Å². The van der Waals surface area contributed by atoms with Crippen LogP contribution in [0.15, 0.2) is 36.5 Å². The van der Waals surface area contributed by atoms with Crippen molar-refractivity contribution >= 4 is 0 Å². The minimum absolute atomic E-state index is 0.316. The molecule has 0 spiro atoms. The molecule has 0 radical (unpaired) electrons. The third-order valence-corrected chi connectivity index (χ3v) is 3.54. The van der Waals surface area contributed by atoms with Crippen molar-refractivity contribution in [3.05, 3.63) is 53.3 Å². The molecule has 1 aromatic carbocycles. The normalized spacial score (nSPS) is 12.9. The van der Waals surface area contributed by atoms with E-state index in [-0.39, 0.29) is 0 Å². The molecular formula is C16H23N3. The molecular weight excluding hydrogens is 234 g/mol. The third kappa shape index (κ3) is 3.44. The molecule has 2 aromatic rings. The minimum Gasteiger partial charge on any atom is -0.313 e. The summed E-state index contributed by atoms with van der Waals surface area (Å²) in [4.78, 5) is 0. The summed E-state index contributed by atoms with van der Waals surface area (Å²) in [6, 6.07) is 11.3. The first-order chi connectivity index (χ1) is 9.10. The molecule has 0 bridgehead atoms. The highest BCUT2D eigenvalue weighted by Gasteiger charge is 2.12. The van der Waals surface area contributed by atoms with Gasteiger partial charge < -0.3 is 5.32 Å². The second-order valence-electron chi connectivity index (χ2n) is 5.35. The number of aryl methyl sites for hydroxylation is 1. The lowest BCUT2D eigenvalue weighted by Gasteiger charge is -2.16. The Morgan fingerprint density at radius 2 is 1.74 bits per heavy atom. The molecule has 1 aromatic heterocycles. The molecule has 102 valence electrons. The van der Waals surface area contributed by atoms with E-state index in [0.717, 1.165) is 12.1 Å². The van der Waals surface area contributed by atoms with E-state index >= 15 is 0 Å². The summed E-state index contributed by atoms with van der Waals surface area (Å²) in [5.41, 5.74) is 3.82. The lowest BCUT2D eigenvalue weighted by Crippen LogP contribution is -2.19. The number of rotatable bonds is 5. The van der Waals surface area contributed by atoms with Crippen molar-refractivity contribution in [2.45, 2.75) is 32.2 Å². The molecule has 0 aliphatic heterocycles. The second kappa shape index (κ2) is 6.02. The van der Waals surface area contributed by atoms with Crippen LogP contribution in [0.3, 0.4) is 0 Å². The minimum atomic E-state index is 0.316.